The molecule has 1 saturated heterocycles. The highest BCUT2D eigenvalue weighted by Gasteiger charge is 2.22. The van der Waals surface area contributed by atoms with Crippen molar-refractivity contribution in [3.63, 3.8) is 0 Å². The molecule has 13 heavy (non-hydrogen) atoms. The Hall–Kier alpha value is -1.10. The van der Waals surface area contributed by atoms with Gasteiger partial charge in [-0.25, -0.2) is 4.79 Å². The summed E-state index contributed by atoms with van der Waals surface area (Å²) in [4.78, 5) is 13.2. The first kappa shape index (κ1) is 9.98. The van der Waals surface area contributed by atoms with Gasteiger partial charge in [-0.1, -0.05) is 0 Å². The van der Waals surface area contributed by atoms with Crippen LogP contribution < -0.4 is 10.6 Å². The van der Waals surface area contributed by atoms with Crippen molar-refractivity contribution in [3.8, 4) is 0 Å². The summed E-state index contributed by atoms with van der Waals surface area (Å²) in [5, 5.41) is 12.8. The number of carbonyl (C=O) groups is 1. The topological polar surface area (TPSA) is 68.2 Å². The highest BCUT2D eigenvalue weighted by Crippen LogP contribution is 2.01. The molecule has 0 radical (unpaired) electrons. The van der Waals surface area contributed by atoms with Gasteiger partial charge < -0.3 is 10.2 Å². The first-order valence-electron chi connectivity index (χ1n) is 4.44. The highest BCUT2D eigenvalue weighted by molar-refractivity contribution is 5.94. The van der Waals surface area contributed by atoms with Gasteiger partial charge in [-0.3, -0.25) is 10.7 Å². The van der Waals surface area contributed by atoms with Gasteiger partial charge in [0.05, 0.1) is 5.84 Å². The summed E-state index contributed by atoms with van der Waals surface area (Å²) in [6.07, 6.45) is 0. The van der Waals surface area contributed by atoms with Crippen LogP contribution in [0.3, 0.4) is 0 Å². The minimum absolute atomic E-state index is 0.165. The molecular formula is C8H16N4O. The molecule has 0 aliphatic carbocycles. The number of hydrogen-bond acceptors (Lipinski definition) is 3. The number of carbonyl (C=O) groups excluding carboxylic acids is 1. The van der Waals surface area contributed by atoms with Crippen molar-refractivity contribution in [2.24, 2.45) is 0 Å². The molecule has 1 aliphatic heterocycles. The lowest BCUT2D eigenvalue weighted by Gasteiger charge is -2.33. The van der Waals surface area contributed by atoms with Gasteiger partial charge >= 0.3 is 6.03 Å². The lowest BCUT2D eigenvalue weighted by molar-refractivity contribution is 0.169. The number of hydrogen-bond donors (Lipinski definition) is 3. The molecule has 1 heterocycles. The first-order valence-corrected chi connectivity index (χ1v) is 4.44. The molecule has 1 aliphatic rings. The molecule has 0 spiro atoms. The van der Waals surface area contributed by atoms with E-state index < -0.39 is 0 Å². The van der Waals surface area contributed by atoms with Crippen LogP contribution in [0.5, 0.6) is 0 Å². The van der Waals surface area contributed by atoms with Crippen molar-refractivity contribution in [1.82, 2.24) is 15.5 Å². The summed E-state index contributed by atoms with van der Waals surface area (Å²) >= 11 is 0. The highest BCUT2D eigenvalue weighted by atomic mass is 16.2. The van der Waals surface area contributed by atoms with Crippen molar-refractivity contribution in [2.75, 3.05) is 19.6 Å². The van der Waals surface area contributed by atoms with Gasteiger partial charge in [-0.15, -0.1) is 0 Å². The van der Waals surface area contributed by atoms with Crippen molar-refractivity contribution < 1.29 is 4.79 Å². The number of nitrogens with one attached hydrogen (secondary N) is 3. The number of nitrogens with zero attached hydrogens (tertiary/aromatic N) is 1. The average molecular weight is 184 g/mol. The van der Waals surface area contributed by atoms with Crippen LogP contribution in [0.15, 0.2) is 0 Å². The maximum Gasteiger partial charge on any atom is 0.323 e. The second kappa shape index (κ2) is 4.23. The third-order valence-electron chi connectivity index (χ3n) is 2.06. The molecule has 0 bridgehead atoms. The molecule has 1 atom stereocenters. The quantitative estimate of drug-likeness (QED) is 0.366. The Labute approximate surface area is 78.0 Å². The molecule has 1 fully saturated rings. The van der Waals surface area contributed by atoms with Crippen LogP contribution in [-0.2, 0) is 0 Å². The minimum Gasteiger partial charge on any atom is -0.319 e. The average Bonchev–Trinajstić information content (AvgIpc) is 2.03. The summed E-state index contributed by atoms with van der Waals surface area (Å²) in [7, 11) is 0. The second-order valence-corrected chi connectivity index (χ2v) is 3.30. The Morgan fingerprint density at radius 1 is 1.69 bits per heavy atom. The Morgan fingerprint density at radius 3 is 2.92 bits per heavy atom. The van der Waals surface area contributed by atoms with Crippen LogP contribution in [0.4, 0.5) is 4.79 Å². The Kier molecular flexibility index (Phi) is 3.25. The zero-order valence-corrected chi connectivity index (χ0v) is 8.05. The van der Waals surface area contributed by atoms with E-state index >= 15 is 0 Å². The second-order valence-electron chi connectivity index (χ2n) is 3.30. The zero-order valence-electron chi connectivity index (χ0n) is 8.05. The van der Waals surface area contributed by atoms with Crippen LogP contribution >= 0.6 is 0 Å². The van der Waals surface area contributed by atoms with E-state index in [0.717, 1.165) is 13.1 Å². The van der Waals surface area contributed by atoms with Gasteiger partial charge in [0.2, 0.25) is 0 Å². The van der Waals surface area contributed by atoms with E-state index in [-0.39, 0.29) is 17.9 Å². The van der Waals surface area contributed by atoms with E-state index in [9.17, 15) is 4.79 Å². The van der Waals surface area contributed by atoms with Crippen molar-refractivity contribution in [1.29, 1.82) is 5.41 Å². The van der Waals surface area contributed by atoms with Crippen LogP contribution in [-0.4, -0.2) is 42.4 Å². The Balaban J connectivity index is 2.48. The van der Waals surface area contributed by atoms with Gasteiger partial charge in [-0.05, 0) is 13.8 Å². The zero-order chi connectivity index (χ0) is 9.84. The van der Waals surface area contributed by atoms with E-state index in [1.807, 2.05) is 6.92 Å². The smallest absolute Gasteiger partial charge is 0.319 e. The van der Waals surface area contributed by atoms with Gasteiger partial charge in [0.1, 0.15) is 0 Å². The number of amidine groups is 1. The van der Waals surface area contributed by atoms with Crippen molar-refractivity contribution in [3.05, 3.63) is 0 Å². The third-order valence-corrected chi connectivity index (χ3v) is 2.06. The fourth-order valence-corrected chi connectivity index (χ4v) is 1.37. The molecule has 74 valence electrons. The number of amides is 2. The van der Waals surface area contributed by atoms with Crippen LogP contribution in [0, 0.1) is 5.41 Å². The SMILES string of the molecule is CC(=N)NC(=O)N1CCNC[C@@H]1C. The Morgan fingerprint density at radius 2 is 2.38 bits per heavy atom. The molecule has 0 aromatic heterocycles. The maximum atomic E-state index is 11.5. The lowest BCUT2D eigenvalue weighted by atomic mass is 10.2. The summed E-state index contributed by atoms with van der Waals surface area (Å²) in [6.45, 7) is 5.91. The molecule has 0 aromatic carbocycles. The molecular weight excluding hydrogens is 168 g/mol. The third kappa shape index (κ3) is 2.69. The predicted molar refractivity (Wildman–Crippen MR) is 51.0 cm³/mol. The number of piperazine rings is 1. The predicted octanol–water partition coefficient (Wildman–Crippen LogP) is -0.0131. The fourth-order valence-electron chi connectivity index (χ4n) is 1.37. The molecule has 1 rings (SSSR count). The molecule has 5 nitrogen and oxygen atoms in total. The van der Waals surface area contributed by atoms with E-state index in [1.165, 1.54) is 0 Å². The standard InChI is InChI=1S/C8H16N4O/c1-6-5-10-3-4-12(6)8(13)11-7(2)9/h6,10H,3-5H2,1-2H3,(H2,9,11,13)/t6-/m0/s1. The van der Waals surface area contributed by atoms with Gasteiger partial charge in [0.15, 0.2) is 0 Å². The molecule has 5 heteroatoms. The van der Waals surface area contributed by atoms with Crippen LogP contribution in [0.25, 0.3) is 0 Å². The van der Waals surface area contributed by atoms with E-state index in [1.54, 1.807) is 11.8 Å². The minimum atomic E-state index is -0.165. The summed E-state index contributed by atoms with van der Waals surface area (Å²) in [5.41, 5.74) is 0. The molecule has 0 unspecified atom stereocenters. The molecule has 3 N–H and O–H groups in total. The number of rotatable bonds is 0. The van der Waals surface area contributed by atoms with Gasteiger partial charge in [0, 0.05) is 25.7 Å². The van der Waals surface area contributed by atoms with Crippen LogP contribution in [0.1, 0.15) is 13.8 Å². The summed E-state index contributed by atoms with van der Waals surface area (Å²) < 4.78 is 0. The summed E-state index contributed by atoms with van der Waals surface area (Å²) in [6, 6.07) is 0.0367. The van der Waals surface area contributed by atoms with E-state index in [4.69, 9.17) is 5.41 Å². The normalized spacial score (nSPS) is 22.6. The lowest BCUT2D eigenvalue weighted by Crippen LogP contribution is -2.55. The van der Waals surface area contributed by atoms with Gasteiger partial charge in [-0.2, -0.15) is 0 Å². The fraction of sp³-hybridized carbons (Fsp3) is 0.750. The molecule has 0 aromatic rings. The van der Waals surface area contributed by atoms with Crippen LogP contribution in [0.2, 0.25) is 0 Å². The first-order chi connectivity index (χ1) is 6.11. The largest absolute Gasteiger partial charge is 0.323 e. The molecule has 0 saturated carbocycles. The summed E-state index contributed by atoms with van der Waals surface area (Å²) in [5.74, 6) is 0.190. The maximum absolute atomic E-state index is 11.5. The van der Waals surface area contributed by atoms with Crippen molar-refractivity contribution in [2.45, 2.75) is 19.9 Å². The molecule has 2 amide bonds. The van der Waals surface area contributed by atoms with Gasteiger partial charge in [0.25, 0.3) is 0 Å². The number of urea groups is 1. The van der Waals surface area contributed by atoms with E-state index in [2.05, 4.69) is 10.6 Å². The Bertz CT molecular complexity index is 216. The monoisotopic (exact) mass is 184 g/mol. The van der Waals surface area contributed by atoms with Crippen molar-refractivity contribution >= 4 is 11.9 Å². The van der Waals surface area contributed by atoms with E-state index in [0.29, 0.717) is 6.54 Å².